The molecule has 0 heterocycles. The molecule has 138 valence electrons. The average Bonchev–Trinajstić information content (AvgIpc) is 2.67. The minimum absolute atomic E-state index is 0.0797. The summed E-state index contributed by atoms with van der Waals surface area (Å²) in [5, 5.41) is 2.77. The molecule has 0 saturated carbocycles. The maximum Gasteiger partial charge on any atom is 0.329 e. The molecule has 0 fully saturated rings. The van der Waals surface area contributed by atoms with Crippen LogP contribution in [0.25, 0.3) is 0 Å². The molecule has 27 heavy (non-hydrogen) atoms. The van der Waals surface area contributed by atoms with Crippen molar-refractivity contribution in [3.05, 3.63) is 102 Å². The van der Waals surface area contributed by atoms with E-state index in [0.29, 0.717) is 5.56 Å². The number of hydrogen-bond acceptors (Lipinski definition) is 3. The van der Waals surface area contributed by atoms with E-state index in [-0.39, 0.29) is 4.90 Å². The Kier molecular flexibility index (Phi) is 5.57. The Morgan fingerprint density at radius 1 is 0.778 bits per heavy atom. The highest BCUT2D eigenvalue weighted by molar-refractivity contribution is 7.90. The van der Waals surface area contributed by atoms with Crippen LogP contribution in [0.2, 0.25) is 0 Å². The molecule has 0 aliphatic rings. The highest BCUT2D eigenvalue weighted by Crippen LogP contribution is 2.22. The number of nitrogens with one attached hydrogen (secondary N) is 2. The van der Waals surface area contributed by atoms with E-state index in [1.54, 1.807) is 25.1 Å². The Labute approximate surface area is 159 Å². The number of sulfonamides is 1. The van der Waals surface area contributed by atoms with Crippen LogP contribution >= 0.6 is 0 Å². The van der Waals surface area contributed by atoms with E-state index < -0.39 is 22.1 Å². The van der Waals surface area contributed by atoms with Gasteiger partial charge in [0.25, 0.3) is 10.0 Å². The first-order chi connectivity index (χ1) is 13.0. The van der Waals surface area contributed by atoms with Gasteiger partial charge in [-0.15, -0.1) is 0 Å². The quantitative estimate of drug-likeness (QED) is 0.707. The van der Waals surface area contributed by atoms with Crippen molar-refractivity contribution in [2.24, 2.45) is 0 Å². The predicted octanol–water partition coefficient (Wildman–Crippen LogP) is 3.77. The number of carbonyl (C=O) groups excluding carboxylic acids is 1. The van der Waals surface area contributed by atoms with Gasteiger partial charge in [0.1, 0.15) is 0 Å². The van der Waals surface area contributed by atoms with Crippen molar-refractivity contribution in [2.45, 2.75) is 17.9 Å². The number of hydrogen-bond donors (Lipinski definition) is 2. The summed E-state index contributed by atoms with van der Waals surface area (Å²) in [6.45, 7) is 1.68. The van der Waals surface area contributed by atoms with E-state index in [1.165, 1.54) is 6.07 Å². The lowest BCUT2D eigenvalue weighted by Gasteiger charge is -2.20. The lowest BCUT2D eigenvalue weighted by molar-refractivity contribution is 0.243. The average molecular weight is 380 g/mol. The Hall–Kier alpha value is -3.12. The molecular weight excluding hydrogens is 360 g/mol. The summed E-state index contributed by atoms with van der Waals surface area (Å²) >= 11 is 0. The second-order valence-corrected chi connectivity index (χ2v) is 7.75. The summed E-state index contributed by atoms with van der Waals surface area (Å²) in [7, 11) is -3.96. The van der Waals surface area contributed by atoms with Crippen LogP contribution in [0.3, 0.4) is 0 Å². The zero-order chi connectivity index (χ0) is 19.3. The molecule has 0 aromatic heterocycles. The number of carbonyl (C=O) groups is 1. The molecule has 0 bridgehead atoms. The molecule has 0 aliphatic heterocycles. The largest absolute Gasteiger partial charge is 0.329 e. The van der Waals surface area contributed by atoms with Crippen molar-refractivity contribution in [3.8, 4) is 0 Å². The molecule has 0 unspecified atom stereocenters. The summed E-state index contributed by atoms with van der Waals surface area (Å²) in [6.07, 6.45) is 0. The zero-order valence-electron chi connectivity index (χ0n) is 14.8. The lowest BCUT2D eigenvalue weighted by Crippen LogP contribution is -2.41. The number of rotatable bonds is 5. The van der Waals surface area contributed by atoms with Gasteiger partial charge in [0, 0.05) is 0 Å². The van der Waals surface area contributed by atoms with Gasteiger partial charge in [0.05, 0.1) is 10.9 Å². The first-order valence-corrected chi connectivity index (χ1v) is 9.94. The van der Waals surface area contributed by atoms with Gasteiger partial charge < -0.3 is 5.32 Å². The van der Waals surface area contributed by atoms with Crippen molar-refractivity contribution >= 4 is 16.1 Å². The van der Waals surface area contributed by atoms with Gasteiger partial charge in [0.15, 0.2) is 0 Å². The van der Waals surface area contributed by atoms with Gasteiger partial charge in [-0.3, -0.25) is 0 Å². The van der Waals surface area contributed by atoms with Gasteiger partial charge in [-0.2, -0.15) is 0 Å². The van der Waals surface area contributed by atoms with E-state index >= 15 is 0 Å². The van der Waals surface area contributed by atoms with Crippen LogP contribution in [-0.2, 0) is 10.0 Å². The van der Waals surface area contributed by atoms with Crippen LogP contribution in [0.15, 0.2) is 89.8 Å². The maximum absolute atomic E-state index is 12.5. The monoisotopic (exact) mass is 380 g/mol. The number of aryl methyl sites for hydroxylation is 1. The van der Waals surface area contributed by atoms with Crippen molar-refractivity contribution in [2.75, 3.05) is 0 Å². The molecule has 0 radical (unpaired) electrons. The standard InChI is InChI=1S/C21H20N2O3S/c1-16-10-8-9-15-19(16)27(25,26)23-21(24)22-20(17-11-4-2-5-12-17)18-13-6-3-7-14-18/h2-15,20H,1H3,(H2,22,23,24). The van der Waals surface area contributed by atoms with Crippen LogP contribution in [0.5, 0.6) is 0 Å². The van der Waals surface area contributed by atoms with Crippen molar-refractivity contribution in [1.29, 1.82) is 0 Å². The number of amides is 2. The molecular formula is C21H20N2O3S. The van der Waals surface area contributed by atoms with Crippen molar-refractivity contribution < 1.29 is 13.2 Å². The van der Waals surface area contributed by atoms with E-state index in [1.807, 2.05) is 60.7 Å². The predicted molar refractivity (Wildman–Crippen MR) is 105 cm³/mol. The van der Waals surface area contributed by atoms with E-state index in [0.717, 1.165) is 11.1 Å². The van der Waals surface area contributed by atoms with Crippen molar-refractivity contribution in [3.63, 3.8) is 0 Å². The topological polar surface area (TPSA) is 75.3 Å². The van der Waals surface area contributed by atoms with Gasteiger partial charge in [-0.05, 0) is 29.7 Å². The third kappa shape index (κ3) is 4.54. The molecule has 6 heteroatoms. The summed E-state index contributed by atoms with van der Waals surface area (Å²) in [5.41, 5.74) is 2.28. The second kappa shape index (κ2) is 8.05. The Bertz CT molecular complexity index is 980. The normalized spacial score (nSPS) is 11.2. The molecule has 3 aromatic rings. The first kappa shape index (κ1) is 18.7. The fourth-order valence-corrected chi connectivity index (χ4v) is 4.01. The lowest BCUT2D eigenvalue weighted by atomic mass is 9.99. The van der Waals surface area contributed by atoms with Crippen LogP contribution in [0.1, 0.15) is 22.7 Å². The summed E-state index contributed by atoms with van der Waals surface area (Å²) < 4.78 is 27.2. The summed E-state index contributed by atoms with van der Waals surface area (Å²) in [6, 6.07) is 24.0. The van der Waals surface area contributed by atoms with Crippen LogP contribution in [0, 0.1) is 6.92 Å². The number of benzene rings is 3. The highest BCUT2D eigenvalue weighted by atomic mass is 32.2. The zero-order valence-corrected chi connectivity index (χ0v) is 15.6. The maximum atomic E-state index is 12.5. The molecule has 2 amide bonds. The molecule has 0 atom stereocenters. The fourth-order valence-electron chi connectivity index (χ4n) is 2.85. The minimum Gasteiger partial charge on any atom is -0.326 e. The summed E-state index contributed by atoms with van der Waals surface area (Å²) in [4.78, 5) is 12.6. The molecule has 0 aliphatic carbocycles. The van der Waals surface area contributed by atoms with Crippen molar-refractivity contribution in [1.82, 2.24) is 10.0 Å². The minimum atomic E-state index is -3.96. The molecule has 0 saturated heterocycles. The molecule has 3 aromatic carbocycles. The van der Waals surface area contributed by atoms with Crippen LogP contribution in [-0.4, -0.2) is 14.4 Å². The van der Waals surface area contributed by atoms with Gasteiger partial charge in [-0.1, -0.05) is 78.9 Å². The third-order valence-electron chi connectivity index (χ3n) is 4.15. The molecule has 3 rings (SSSR count). The Morgan fingerprint density at radius 3 is 1.78 bits per heavy atom. The van der Waals surface area contributed by atoms with Crippen LogP contribution in [0.4, 0.5) is 4.79 Å². The molecule has 0 spiro atoms. The van der Waals surface area contributed by atoms with Gasteiger partial charge in [0.2, 0.25) is 0 Å². The van der Waals surface area contributed by atoms with E-state index in [9.17, 15) is 13.2 Å². The van der Waals surface area contributed by atoms with E-state index in [4.69, 9.17) is 0 Å². The van der Waals surface area contributed by atoms with E-state index in [2.05, 4.69) is 10.0 Å². The highest BCUT2D eigenvalue weighted by Gasteiger charge is 2.22. The fraction of sp³-hybridized carbons (Fsp3) is 0.0952. The Morgan fingerprint density at radius 2 is 1.26 bits per heavy atom. The van der Waals surface area contributed by atoms with Crippen LogP contribution < -0.4 is 10.0 Å². The van der Waals surface area contributed by atoms with Gasteiger partial charge >= 0.3 is 6.03 Å². The third-order valence-corrected chi connectivity index (χ3v) is 5.64. The molecule has 5 nitrogen and oxygen atoms in total. The number of urea groups is 1. The van der Waals surface area contributed by atoms with Gasteiger partial charge in [-0.25, -0.2) is 17.9 Å². The smallest absolute Gasteiger partial charge is 0.326 e. The molecule has 2 N–H and O–H groups in total. The SMILES string of the molecule is Cc1ccccc1S(=O)(=O)NC(=O)NC(c1ccccc1)c1ccccc1. The first-order valence-electron chi connectivity index (χ1n) is 8.46. The second-order valence-electron chi connectivity index (χ2n) is 6.10. The summed E-state index contributed by atoms with van der Waals surface area (Å²) in [5.74, 6) is 0. The Balaban J connectivity index is 1.84.